The van der Waals surface area contributed by atoms with Crippen molar-refractivity contribution in [2.24, 2.45) is 0 Å². The fraction of sp³-hybridized carbons (Fsp3) is 0.130. The average Bonchev–Trinajstić information content (AvgIpc) is 3.17. The molecule has 0 unspecified atom stereocenters. The molecule has 4 aromatic rings. The molecule has 0 saturated carbocycles. The molecule has 0 amide bonds. The number of carbonyl (C=O) groups is 1. The minimum Gasteiger partial charge on any atom is -0.297 e. The van der Waals surface area contributed by atoms with E-state index in [-0.39, 0.29) is 11.0 Å². The lowest BCUT2D eigenvalue weighted by Crippen LogP contribution is -2.15. The molecule has 4 rings (SSSR count). The first-order valence-corrected chi connectivity index (χ1v) is 11.1. The molecule has 30 heavy (non-hydrogen) atoms. The number of hydrogen-bond acceptors (Lipinski definition) is 5. The number of hydrogen-bond donors (Lipinski definition) is 0. The Labute approximate surface area is 187 Å². The number of thioether (sulfide) groups is 1. The second-order valence-electron chi connectivity index (χ2n) is 6.75. The van der Waals surface area contributed by atoms with Crippen molar-refractivity contribution in [1.29, 1.82) is 0 Å². The smallest absolute Gasteiger partial charge is 0.192 e. The van der Waals surface area contributed by atoms with Crippen LogP contribution >= 0.6 is 27.7 Å². The lowest BCUT2D eigenvalue weighted by Gasteiger charge is -2.13. The largest absolute Gasteiger partial charge is 0.297 e. The number of benzene rings is 2. The Bertz CT molecular complexity index is 1130. The van der Waals surface area contributed by atoms with Crippen LogP contribution in [0.25, 0.3) is 11.4 Å². The summed E-state index contributed by atoms with van der Waals surface area (Å²) in [5.74, 6) is 0.794. The third-order valence-corrected chi connectivity index (χ3v) is 6.21. The van der Waals surface area contributed by atoms with Crippen molar-refractivity contribution in [3.05, 3.63) is 94.7 Å². The van der Waals surface area contributed by atoms with Crippen molar-refractivity contribution in [2.45, 2.75) is 23.9 Å². The Morgan fingerprint density at radius 2 is 1.80 bits per heavy atom. The van der Waals surface area contributed by atoms with Crippen molar-refractivity contribution in [1.82, 2.24) is 19.7 Å². The highest BCUT2D eigenvalue weighted by molar-refractivity contribution is 9.10. The third-order valence-electron chi connectivity index (χ3n) is 4.60. The molecule has 7 heteroatoms. The molecule has 0 aliphatic heterocycles. The molecule has 2 heterocycles. The van der Waals surface area contributed by atoms with Crippen LogP contribution in [0.4, 0.5) is 0 Å². The van der Waals surface area contributed by atoms with Gasteiger partial charge in [-0.3, -0.25) is 14.3 Å². The normalized spacial score (nSPS) is 11.9. The summed E-state index contributed by atoms with van der Waals surface area (Å²) in [6, 6.07) is 21.4. The van der Waals surface area contributed by atoms with Crippen LogP contribution in [0.15, 0.2) is 88.8 Å². The van der Waals surface area contributed by atoms with Crippen molar-refractivity contribution >= 4 is 33.5 Å². The van der Waals surface area contributed by atoms with Gasteiger partial charge in [-0.05, 0) is 36.8 Å². The van der Waals surface area contributed by atoms with Crippen LogP contribution in [0.2, 0.25) is 0 Å². The second-order valence-corrected chi connectivity index (χ2v) is 8.97. The van der Waals surface area contributed by atoms with Gasteiger partial charge in [0.2, 0.25) is 0 Å². The molecule has 2 aromatic carbocycles. The predicted molar refractivity (Wildman–Crippen MR) is 123 cm³/mol. The molecule has 2 aromatic heterocycles. The van der Waals surface area contributed by atoms with E-state index < -0.39 is 0 Å². The number of halogens is 1. The van der Waals surface area contributed by atoms with Gasteiger partial charge in [0.1, 0.15) is 0 Å². The zero-order valence-electron chi connectivity index (χ0n) is 16.3. The van der Waals surface area contributed by atoms with Crippen LogP contribution < -0.4 is 0 Å². The molecule has 150 valence electrons. The van der Waals surface area contributed by atoms with E-state index in [9.17, 15) is 4.79 Å². The highest BCUT2D eigenvalue weighted by atomic mass is 79.9. The zero-order chi connectivity index (χ0) is 20.9. The quantitative estimate of drug-likeness (QED) is 0.258. The molecule has 0 radical (unpaired) electrons. The summed E-state index contributed by atoms with van der Waals surface area (Å²) in [7, 11) is 0. The Hall–Kier alpha value is -2.77. The van der Waals surface area contributed by atoms with Gasteiger partial charge < -0.3 is 0 Å². The van der Waals surface area contributed by atoms with E-state index in [4.69, 9.17) is 0 Å². The molecular weight excluding hydrogens is 460 g/mol. The Kier molecular flexibility index (Phi) is 6.40. The number of pyridine rings is 1. The van der Waals surface area contributed by atoms with Crippen LogP contribution in [-0.2, 0) is 6.54 Å². The van der Waals surface area contributed by atoms with Gasteiger partial charge in [0, 0.05) is 28.0 Å². The van der Waals surface area contributed by atoms with Gasteiger partial charge in [-0.15, -0.1) is 10.2 Å². The van der Waals surface area contributed by atoms with E-state index in [1.807, 2.05) is 66.1 Å². The highest BCUT2D eigenvalue weighted by Crippen LogP contribution is 2.29. The van der Waals surface area contributed by atoms with E-state index in [1.165, 1.54) is 11.8 Å². The van der Waals surface area contributed by atoms with Gasteiger partial charge in [-0.25, -0.2) is 0 Å². The summed E-state index contributed by atoms with van der Waals surface area (Å²) in [6.45, 7) is 2.51. The van der Waals surface area contributed by atoms with Gasteiger partial charge in [-0.1, -0.05) is 70.2 Å². The summed E-state index contributed by atoms with van der Waals surface area (Å²) in [4.78, 5) is 17.1. The molecule has 0 saturated heterocycles. The van der Waals surface area contributed by atoms with Crippen molar-refractivity contribution in [3.63, 3.8) is 0 Å². The first kappa shape index (κ1) is 20.5. The number of ketones is 1. The zero-order valence-corrected chi connectivity index (χ0v) is 18.7. The van der Waals surface area contributed by atoms with E-state index in [0.717, 1.165) is 21.4 Å². The molecule has 0 spiro atoms. The summed E-state index contributed by atoms with van der Waals surface area (Å²) < 4.78 is 2.99. The van der Waals surface area contributed by atoms with Crippen LogP contribution in [0.5, 0.6) is 0 Å². The fourth-order valence-electron chi connectivity index (χ4n) is 3.05. The van der Waals surface area contributed by atoms with Gasteiger partial charge in [0.05, 0.1) is 11.8 Å². The molecular formula is C23H19BrN4OS. The molecule has 0 aliphatic carbocycles. The van der Waals surface area contributed by atoms with E-state index in [2.05, 4.69) is 43.2 Å². The molecule has 0 fully saturated rings. The first-order valence-electron chi connectivity index (χ1n) is 9.46. The minimum atomic E-state index is -0.299. The molecule has 0 N–H and O–H groups in total. The third kappa shape index (κ3) is 4.68. The standard InChI is InChI=1S/C23H19BrN4OS/c1-16(21(29)18-9-11-20(24)12-10-18)30-23-27-26-22(19-8-5-13-25-14-19)28(23)15-17-6-3-2-4-7-17/h2-14,16H,15H2,1H3/t16-/m0/s1. The number of nitrogens with zero attached hydrogens (tertiary/aromatic N) is 4. The van der Waals surface area contributed by atoms with Crippen LogP contribution in [0.3, 0.4) is 0 Å². The van der Waals surface area contributed by atoms with Crippen molar-refractivity contribution in [3.8, 4) is 11.4 Å². The van der Waals surface area contributed by atoms with E-state index in [0.29, 0.717) is 17.3 Å². The lowest BCUT2D eigenvalue weighted by molar-refractivity contribution is 0.0994. The maximum Gasteiger partial charge on any atom is 0.192 e. The Balaban J connectivity index is 1.64. The Morgan fingerprint density at radius 1 is 1.03 bits per heavy atom. The van der Waals surface area contributed by atoms with Gasteiger partial charge in [-0.2, -0.15) is 0 Å². The summed E-state index contributed by atoms with van der Waals surface area (Å²) >= 11 is 4.83. The second kappa shape index (κ2) is 9.36. The summed E-state index contributed by atoms with van der Waals surface area (Å²) in [5.41, 5.74) is 2.70. The minimum absolute atomic E-state index is 0.0599. The first-order chi connectivity index (χ1) is 14.6. The van der Waals surface area contributed by atoms with Crippen LogP contribution in [0.1, 0.15) is 22.8 Å². The van der Waals surface area contributed by atoms with Gasteiger partial charge >= 0.3 is 0 Å². The van der Waals surface area contributed by atoms with Crippen LogP contribution in [-0.4, -0.2) is 30.8 Å². The van der Waals surface area contributed by atoms with Crippen molar-refractivity contribution < 1.29 is 4.79 Å². The predicted octanol–water partition coefficient (Wildman–Crippen LogP) is 5.51. The number of Topliss-reactive ketones (excluding diaryl/α,β-unsaturated/α-hetero) is 1. The molecule has 1 atom stereocenters. The maximum atomic E-state index is 12.9. The van der Waals surface area contributed by atoms with E-state index >= 15 is 0 Å². The monoisotopic (exact) mass is 478 g/mol. The SMILES string of the molecule is C[C@H](Sc1nnc(-c2cccnc2)n1Cc1ccccc1)C(=O)c1ccc(Br)cc1. The van der Waals surface area contributed by atoms with Gasteiger partial charge in [0.25, 0.3) is 0 Å². The molecule has 0 bridgehead atoms. The number of aromatic nitrogens is 4. The number of carbonyl (C=O) groups excluding carboxylic acids is 1. The summed E-state index contributed by atoms with van der Waals surface area (Å²) in [6.07, 6.45) is 3.51. The summed E-state index contributed by atoms with van der Waals surface area (Å²) in [5, 5.41) is 9.23. The van der Waals surface area contributed by atoms with E-state index in [1.54, 1.807) is 12.4 Å². The van der Waals surface area contributed by atoms with Crippen LogP contribution in [0, 0.1) is 0 Å². The lowest BCUT2D eigenvalue weighted by atomic mass is 10.1. The average molecular weight is 479 g/mol. The molecule has 0 aliphatic rings. The maximum absolute atomic E-state index is 12.9. The van der Waals surface area contributed by atoms with Crippen molar-refractivity contribution in [2.75, 3.05) is 0 Å². The topological polar surface area (TPSA) is 60.7 Å². The molecule has 5 nitrogen and oxygen atoms in total. The Morgan fingerprint density at radius 3 is 2.50 bits per heavy atom. The fourth-order valence-corrected chi connectivity index (χ4v) is 4.24. The van der Waals surface area contributed by atoms with Gasteiger partial charge in [0.15, 0.2) is 16.8 Å². The highest BCUT2D eigenvalue weighted by Gasteiger charge is 2.22. The number of rotatable bonds is 7.